The number of aliphatic imine (C=N–C) groups is 1. The van der Waals surface area contributed by atoms with Crippen molar-refractivity contribution in [3.05, 3.63) is 35.9 Å². The number of allylic oxidation sites excluding steroid dienone is 2. The number of ether oxygens (including phenoxy) is 1. The van der Waals surface area contributed by atoms with E-state index in [1.165, 1.54) is 57.3 Å². The molecule has 1 unspecified atom stereocenters. The number of hydrogen-bond donors (Lipinski definition) is 4. The van der Waals surface area contributed by atoms with Gasteiger partial charge in [-0.1, -0.05) is 24.3 Å². The first-order valence-electron chi connectivity index (χ1n) is 7.99. The molecule has 1 aromatic carbocycles. The fourth-order valence-corrected chi connectivity index (χ4v) is 1.99. The smallest absolute Gasteiger partial charge is 0.347 e. The van der Waals surface area contributed by atoms with Gasteiger partial charge in [-0.2, -0.15) is 0 Å². The zero-order valence-electron chi connectivity index (χ0n) is 15.5. The highest BCUT2D eigenvalue weighted by atomic mass is 16.5. The van der Waals surface area contributed by atoms with Crippen LogP contribution in [-0.4, -0.2) is 50.7 Å². The van der Waals surface area contributed by atoms with Crippen LogP contribution in [0, 0.1) is 5.92 Å². The average Bonchev–Trinajstić information content (AvgIpc) is 2.59. The van der Waals surface area contributed by atoms with E-state index in [1.807, 2.05) is 0 Å². The molecule has 0 amide bonds. The summed E-state index contributed by atoms with van der Waals surface area (Å²) in [7, 11) is 1.50. The summed E-state index contributed by atoms with van der Waals surface area (Å²) in [6.45, 7) is 4.21. The molecular formula is C19H23NO7. The third-order valence-corrected chi connectivity index (χ3v) is 3.77. The van der Waals surface area contributed by atoms with Gasteiger partial charge >= 0.3 is 11.9 Å². The third kappa shape index (κ3) is 5.60. The number of carboxylic acid groups (broad SMARTS) is 2. The highest BCUT2D eigenvalue weighted by Gasteiger charge is 2.31. The molecule has 0 spiro atoms. The molecule has 146 valence electrons. The number of nitrogens with zero attached hydrogens (tertiary/aromatic N) is 1. The van der Waals surface area contributed by atoms with Crippen molar-refractivity contribution in [2.24, 2.45) is 10.9 Å². The minimum atomic E-state index is -1.65. The molecule has 0 aliphatic heterocycles. The fourth-order valence-electron chi connectivity index (χ4n) is 1.99. The molecule has 0 saturated carbocycles. The van der Waals surface area contributed by atoms with Crippen molar-refractivity contribution in [2.45, 2.75) is 26.4 Å². The minimum absolute atomic E-state index is 0.201. The topological polar surface area (TPSA) is 137 Å². The van der Waals surface area contributed by atoms with Crippen LogP contribution in [0.4, 0.5) is 0 Å². The molecule has 0 saturated heterocycles. The van der Waals surface area contributed by atoms with E-state index in [9.17, 15) is 30.0 Å². The zero-order chi connectivity index (χ0) is 20.8. The lowest BCUT2D eigenvalue weighted by atomic mass is 10.0. The van der Waals surface area contributed by atoms with Crippen molar-refractivity contribution >= 4 is 23.7 Å². The van der Waals surface area contributed by atoms with Gasteiger partial charge < -0.3 is 25.2 Å². The molecule has 8 heteroatoms. The van der Waals surface area contributed by atoms with Crippen LogP contribution in [0.15, 0.2) is 35.4 Å². The van der Waals surface area contributed by atoms with Gasteiger partial charge in [0.1, 0.15) is 5.92 Å². The standard InChI is InChI=1S/C19H23NO7/c1-11(20-4)13(17(23)24)8-6-5-7-12-9-10-14(21)15(22)16(12)27-19(2,3)18(25)26/h5-10,13,21-22H,1-4H3,(H,23,24)(H,25,26)/b7-5+,8-6-,20-11?. The second-order valence-electron chi connectivity index (χ2n) is 6.19. The maximum atomic E-state index is 11.3. The molecular weight excluding hydrogens is 354 g/mol. The van der Waals surface area contributed by atoms with E-state index in [0.717, 1.165) is 0 Å². The molecule has 0 heterocycles. The Hall–Kier alpha value is -3.29. The minimum Gasteiger partial charge on any atom is -0.504 e. The van der Waals surface area contributed by atoms with Crippen molar-refractivity contribution in [1.82, 2.24) is 0 Å². The van der Waals surface area contributed by atoms with Crippen molar-refractivity contribution in [2.75, 3.05) is 7.05 Å². The normalized spacial score (nSPS) is 13.9. The van der Waals surface area contributed by atoms with E-state index in [4.69, 9.17) is 4.74 Å². The van der Waals surface area contributed by atoms with Gasteiger partial charge in [0.2, 0.25) is 5.75 Å². The Morgan fingerprint density at radius 1 is 1.19 bits per heavy atom. The van der Waals surface area contributed by atoms with E-state index in [2.05, 4.69) is 4.99 Å². The van der Waals surface area contributed by atoms with Gasteiger partial charge in [-0.3, -0.25) is 9.79 Å². The highest BCUT2D eigenvalue weighted by Crippen LogP contribution is 2.40. The first-order valence-corrected chi connectivity index (χ1v) is 7.99. The van der Waals surface area contributed by atoms with Crippen LogP contribution in [-0.2, 0) is 9.59 Å². The molecule has 1 rings (SSSR count). The van der Waals surface area contributed by atoms with Crippen molar-refractivity contribution in [3.8, 4) is 17.2 Å². The Kier molecular flexibility index (Phi) is 7.16. The van der Waals surface area contributed by atoms with E-state index < -0.39 is 35.0 Å². The van der Waals surface area contributed by atoms with Crippen molar-refractivity contribution < 1.29 is 34.8 Å². The summed E-state index contributed by atoms with van der Waals surface area (Å²) in [5.74, 6) is -4.42. The number of benzene rings is 1. The van der Waals surface area contributed by atoms with Crippen LogP contribution >= 0.6 is 0 Å². The van der Waals surface area contributed by atoms with Gasteiger partial charge in [-0.25, -0.2) is 4.79 Å². The molecule has 4 N–H and O–H groups in total. The lowest BCUT2D eigenvalue weighted by Gasteiger charge is -2.23. The number of carboxylic acids is 2. The van der Waals surface area contributed by atoms with Crippen LogP contribution in [0.1, 0.15) is 26.3 Å². The first kappa shape index (κ1) is 21.8. The molecule has 0 bridgehead atoms. The summed E-state index contributed by atoms with van der Waals surface area (Å²) in [6.07, 6.45) is 5.91. The largest absolute Gasteiger partial charge is 0.504 e. The summed E-state index contributed by atoms with van der Waals surface area (Å²) >= 11 is 0. The molecule has 0 aliphatic rings. The van der Waals surface area contributed by atoms with E-state index in [0.29, 0.717) is 11.3 Å². The molecule has 0 radical (unpaired) electrons. The Balaban J connectivity index is 3.19. The Morgan fingerprint density at radius 2 is 1.81 bits per heavy atom. The lowest BCUT2D eigenvalue weighted by Crippen LogP contribution is -2.38. The number of aromatic hydroxyl groups is 2. The van der Waals surface area contributed by atoms with Crippen LogP contribution in [0.2, 0.25) is 0 Å². The van der Waals surface area contributed by atoms with Gasteiger partial charge in [0.25, 0.3) is 0 Å². The fraction of sp³-hybridized carbons (Fsp3) is 0.316. The van der Waals surface area contributed by atoms with Crippen LogP contribution in [0.5, 0.6) is 17.2 Å². The SMILES string of the molecule is CN=C(C)C(/C=C\C=C\c1ccc(O)c(O)c1OC(C)(C)C(=O)O)C(=O)O. The summed E-state index contributed by atoms with van der Waals surface area (Å²) in [4.78, 5) is 26.4. The van der Waals surface area contributed by atoms with Crippen molar-refractivity contribution in [3.63, 3.8) is 0 Å². The zero-order valence-corrected chi connectivity index (χ0v) is 15.5. The molecule has 0 aromatic heterocycles. The van der Waals surface area contributed by atoms with Crippen LogP contribution in [0.3, 0.4) is 0 Å². The third-order valence-electron chi connectivity index (χ3n) is 3.77. The monoisotopic (exact) mass is 377 g/mol. The number of phenolic OH excluding ortho intramolecular Hbond substituents is 2. The highest BCUT2D eigenvalue weighted by molar-refractivity contribution is 6.02. The van der Waals surface area contributed by atoms with Gasteiger partial charge in [-0.15, -0.1) is 0 Å². The van der Waals surface area contributed by atoms with Gasteiger partial charge in [-0.05, 0) is 32.9 Å². The Morgan fingerprint density at radius 3 is 2.33 bits per heavy atom. The number of carbonyl (C=O) groups is 2. The Bertz CT molecular complexity index is 807. The van der Waals surface area contributed by atoms with Gasteiger partial charge in [0.05, 0.1) is 0 Å². The number of rotatable bonds is 8. The van der Waals surface area contributed by atoms with E-state index >= 15 is 0 Å². The molecule has 1 atom stereocenters. The predicted molar refractivity (Wildman–Crippen MR) is 100 cm³/mol. The molecule has 1 aromatic rings. The summed E-state index contributed by atoms with van der Waals surface area (Å²) in [5, 5.41) is 38.1. The van der Waals surface area contributed by atoms with E-state index in [-0.39, 0.29) is 5.75 Å². The Labute approximate surface area is 156 Å². The molecule has 27 heavy (non-hydrogen) atoms. The number of hydrogen-bond acceptors (Lipinski definition) is 6. The second-order valence-corrected chi connectivity index (χ2v) is 6.19. The maximum Gasteiger partial charge on any atom is 0.347 e. The van der Waals surface area contributed by atoms with Gasteiger partial charge in [0.15, 0.2) is 17.1 Å². The van der Waals surface area contributed by atoms with Gasteiger partial charge in [0, 0.05) is 18.3 Å². The predicted octanol–water partition coefficient (Wildman–Crippen LogP) is 2.70. The van der Waals surface area contributed by atoms with Crippen LogP contribution in [0.25, 0.3) is 6.08 Å². The first-order chi connectivity index (χ1) is 12.5. The average molecular weight is 377 g/mol. The maximum absolute atomic E-state index is 11.3. The van der Waals surface area contributed by atoms with E-state index in [1.54, 1.807) is 6.92 Å². The molecule has 0 fully saturated rings. The number of aliphatic carboxylic acids is 2. The molecule has 8 nitrogen and oxygen atoms in total. The summed E-state index contributed by atoms with van der Waals surface area (Å²) < 4.78 is 5.38. The van der Waals surface area contributed by atoms with Crippen molar-refractivity contribution in [1.29, 1.82) is 0 Å². The van der Waals surface area contributed by atoms with Crippen LogP contribution < -0.4 is 4.74 Å². The summed E-state index contributed by atoms with van der Waals surface area (Å²) in [6, 6.07) is 2.66. The lowest BCUT2D eigenvalue weighted by molar-refractivity contribution is -0.152. The number of phenols is 2. The summed E-state index contributed by atoms with van der Waals surface area (Å²) in [5.41, 5.74) is -0.911. The quantitative estimate of drug-likeness (QED) is 0.310. The molecule has 0 aliphatic carbocycles. The second kappa shape index (κ2) is 8.88.